The van der Waals surface area contributed by atoms with Gasteiger partial charge in [-0.2, -0.15) is 10.1 Å². The highest BCUT2D eigenvalue weighted by molar-refractivity contribution is 9.10. The molecule has 200 valence electrons. The first-order valence-electron chi connectivity index (χ1n) is 12.1. The fraction of sp³-hybridized carbons (Fsp3) is 0.222. The first kappa shape index (κ1) is 26.8. The highest BCUT2D eigenvalue weighted by Crippen LogP contribution is 2.40. The van der Waals surface area contributed by atoms with Gasteiger partial charge in [-0.25, -0.2) is 4.98 Å². The number of fused-ring (bicyclic) bond motifs is 1. The number of nitrogens with zero attached hydrogens (tertiary/aromatic N) is 7. The van der Waals surface area contributed by atoms with Crippen molar-refractivity contribution in [2.24, 2.45) is 7.05 Å². The summed E-state index contributed by atoms with van der Waals surface area (Å²) in [5.74, 6) is 1.72. The number of aryl methyl sites for hydroxylation is 1. The minimum atomic E-state index is -0.475. The molecule has 2 aromatic carbocycles. The van der Waals surface area contributed by atoms with Gasteiger partial charge in [0.25, 0.3) is 0 Å². The molecule has 0 bridgehead atoms. The van der Waals surface area contributed by atoms with Crippen molar-refractivity contribution in [1.29, 1.82) is 0 Å². The second kappa shape index (κ2) is 11.1. The lowest BCUT2D eigenvalue weighted by Crippen LogP contribution is -2.12. The molecule has 0 aliphatic carbocycles. The van der Waals surface area contributed by atoms with Crippen LogP contribution in [0.25, 0.3) is 22.2 Å². The van der Waals surface area contributed by atoms with Crippen LogP contribution in [0.2, 0.25) is 0 Å². The average Bonchev–Trinajstić information content (AvgIpc) is 3.35. The van der Waals surface area contributed by atoms with E-state index in [2.05, 4.69) is 64.8 Å². The van der Waals surface area contributed by atoms with E-state index in [0.717, 1.165) is 49.0 Å². The van der Waals surface area contributed by atoms with E-state index in [-0.39, 0.29) is 0 Å². The normalized spacial score (nSPS) is 11.2. The van der Waals surface area contributed by atoms with Gasteiger partial charge in [-0.15, -0.1) is 0 Å². The Balaban J connectivity index is 1.53. The van der Waals surface area contributed by atoms with Gasteiger partial charge in [-0.1, -0.05) is 7.92 Å². The molecule has 2 N–H and O–H groups in total. The molecule has 0 saturated heterocycles. The van der Waals surface area contributed by atoms with Crippen molar-refractivity contribution in [2.45, 2.75) is 0 Å². The smallest absolute Gasteiger partial charge is 0.229 e. The molecular weight excluding hydrogens is 577 g/mol. The van der Waals surface area contributed by atoms with Crippen LogP contribution >= 0.6 is 23.9 Å². The van der Waals surface area contributed by atoms with Gasteiger partial charge in [0.05, 0.1) is 34.5 Å². The molecule has 39 heavy (non-hydrogen) atoms. The summed E-state index contributed by atoms with van der Waals surface area (Å²) in [7, 11) is 7.08. The van der Waals surface area contributed by atoms with Gasteiger partial charge in [-0.3, -0.25) is 14.6 Å². The van der Waals surface area contributed by atoms with Crippen LogP contribution in [0, 0.1) is 0 Å². The van der Waals surface area contributed by atoms with E-state index in [9.17, 15) is 0 Å². The molecule has 0 fully saturated rings. The Morgan fingerprint density at radius 3 is 2.49 bits per heavy atom. The molecule has 5 rings (SSSR count). The van der Waals surface area contributed by atoms with Crippen LogP contribution in [0.1, 0.15) is 0 Å². The van der Waals surface area contributed by atoms with E-state index in [0.29, 0.717) is 17.5 Å². The van der Waals surface area contributed by atoms with Crippen molar-refractivity contribution in [3.8, 4) is 16.9 Å². The van der Waals surface area contributed by atoms with Crippen molar-refractivity contribution in [1.82, 2.24) is 29.7 Å². The lowest BCUT2D eigenvalue weighted by molar-refractivity contribution is 0.417. The van der Waals surface area contributed by atoms with Gasteiger partial charge in [0.1, 0.15) is 11.6 Å². The number of halogens is 1. The standard InChI is InChI=1S/C27H29BrN9OP/c1-36(2)22-12-23(38-4)21(11-17(22)16-13-32-37(3)15-16)34-27-31-14-18(28)26(35-27)33-20-8-7-19-24(25(20)39(5)6)30-10-9-29-19/h7-15H,1-6H3,(H2,31,33,34,35). The monoisotopic (exact) mass is 605 g/mol. The largest absolute Gasteiger partial charge is 0.494 e. The molecule has 0 atom stereocenters. The molecule has 5 aromatic rings. The minimum Gasteiger partial charge on any atom is -0.494 e. The number of benzene rings is 2. The molecule has 0 spiro atoms. The number of methoxy groups -OCH3 is 1. The molecule has 0 saturated carbocycles. The second-order valence-corrected chi connectivity index (χ2v) is 12.4. The van der Waals surface area contributed by atoms with Crippen LogP contribution in [0.15, 0.2) is 59.7 Å². The lowest BCUT2D eigenvalue weighted by Gasteiger charge is -2.21. The minimum absolute atomic E-state index is 0.422. The molecule has 3 aromatic heterocycles. The van der Waals surface area contributed by atoms with Crippen LogP contribution < -0.4 is 25.6 Å². The Kier molecular flexibility index (Phi) is 7.63. The zero-order chi connectivity index (χ0) is 27.7. The molecule has 12 heteroatoms. The SMILES string of the molecule is COc1cc(N(C)C)c(-c2cnn(C)c2)cc1Nc1ncc(Br)c(Nc2ccc3nccnc3c2P(C)C)n1. The van der Waals surface area contributed by atoms with Crippen LogP contribution in [-0.4, -0.2) is 64.3 Å². The number of rotatable bonds is 8. The van der Waals surface area contributed by atoms with Crippen LogP contribution in [0.4, 0.5) is 28.8 Å². The highest BCUT2D eigenvalue weighted by atomic mass is 79.9. The number of hydrogen-bond donors (Lipinski definition) is 2. The molecule has 0 radical (unpaired) electrons. The van der Waals surface area contributed by atoms with E-state index >= 15 is 0 Å². The number of aromatic nitrogens is 6. The van der Waals surface area contributed by atoms with Gasteiger partial charge < -0.3 is 20.3 Å². The topological polar surface area (TPSA) is 106 Å². The number of anilines is 5. The van der Waals surface area contributed by atoms with Crippen molar-refractivity contribution in [3.63, 3.8) is 0 Å². The third-order valence-corrected chi connectivity index (χ3v) is 8.05. The maximum absolute atomic E-state index is 5.74. The Bertz CT molecular complexity index is 1650. The second-order valence-electron chi connectivity index (χ2n) is 9.29. The summed E-state index contributed by atoms with van der Waals surface area (Å²) in [6.07, 6.45) is 9.00. The molecular formula is C27H29BrN9OP. The fourth-order valence-electron chi connectivity index (χ4n) is 4.34. The van der Waals surface area contributed by atoms with Crippen LogP contribution in [-0.2, 0) is 7.05 Å². The number of nitrogens with one attached hydrogen (secondary N) is 2. The molecule has 3 heterocycles. The summed E-state index contributed by atoms with van der Waals surface area (Å²) in [6, 6.07) is 8.03. The molecule has 0 aliphatic heterocycles. The lowest BCUT2D eigenvalue weighted by atomic mass is 10.0. The van der Waals surface area contributed by atoms with Gasteiger partial charge >= 0.3 is 0 Å². The zero-order valence-electron chi connectivity index (χ0n) is 22.6. The highest BCUT2D eigenvalue weighted by Gasteiger charge is 2.18. The Labute approximate surface area is 236 Å². The summed E-state index contributed by atoms with van der Waals surface area (Å²) in [6.45, 7) is 4.41. The predicted molar refractivity (Wildman–Crippen MR) is 164 cm³/mol. The predicted octanol–water partition coefficient (Wildman–Crippen LogP) is 5.51. The Morgan fingerprint density at radius 1 is 1.00 bits per heavy atom. The molecule has 10 nitrogen and oxygen atoms in total. The number of hydrogen-bond acceptors (Lipinski definition) is 9. The zero-order valence-corrected chi connectivity index (χ0v) is 25.0. The van der Waals surface area contributed by atoms with Crippen molar-refractivity contribution < 1.29 is 4.74 Å². The van der Waals surface area contributed by atoms with E-state index in [1.165, 1.54) is 0 Å². The summed E-state index contributed by atoms with van der Waals surface area (Å²) in [4.78, 5) is 20.4. The third-order valence-electron chi connectivity index (χ3n) is 6.12. The Hall–Kier alpha value is -3.82. The molecule has 0 aliphatic rings. The first-order valence-corrected chi connectivity index (χ1v) is 15.1. The average molecular weight is 606 g/mol. The maximum Gasteiger partial charge on any atom is 0.229 e. The summed E-state index contributed by atoms with van der Waals surface area (Å²) < 4.78 is 8.26. The van der Waals surface area contributed by atoms with E-state index in [1.807, 2.05) is 57.8 Å². The van der Waals surface area contributed by atoms with Crippen molar-refractivity contribution in [2.75, 3.05) is 50.1 Å². The van der Waals surface area contributed by atoms with E-state index in [1.54, 1.807) is 30.4 Å². The van der Waals surface area contributed by atoms with Crippen molar-refractivity contribution in [3.05, 3.63) is 59.7 Å². The van der Waals surface area contributed by atoms with Gasteiger partial charge in [0.15, 0.2) is 0 Å². The summed E-state index contributed by atoms with van der Waals surface area (Å²) in [5, 5.41) is 12.3. The molecule has 0 amide bonds. The van der Waals surface area contributed by atoms with Crippen molar-refractivity contribution >= 4 is 69.0 Å². The van der Waals surface area contributed by atoms with Gasteiger partial charge in [0.2, 0.25) is 5.95 Å². The third kappa shape index (κ3) is 5.51. The summed E-state index contributed by atoms with van der Waals surface area (Å²) >= 11 is 3.61. The van der Waals surface area contributed by atoms with E-state index < -0.39 is 7.92 Å². The van der Waals surface area contributed by atoms with Gasteiger partial charge in [-0.05, 0) is 47.5 Å². The molecule has 0 unspecified atom stereocenters. The fourth-order valence-corrected chi connectivity index (χ4v) is 5.83. The maximum atomic E-state index is 5.74. The first-order chi connectivity index (χ1) is 18.7. The summed E-state index contributed by atoms with van der Waals surface area (Å²) in [5.41, 5.74) is 6.46. The quantitative estimate of drug-likeness (QED) is 0.221. The van der Waals surface area contributed by atoms with Crippen LogP contribution in [0.3, 0.4) is 0 Å². The van der Waals surface area contributed by atoms with Gasteiger partial charge in [0, 0.05) is 79.8 Å². The van der Waals surface area contributed by atoms with Crippen LogP contribution in [0.5, 0.6) is 5.75 Å². The number of ether oxygens (including phenoxy) is 1. The Morgan fingerprint density at radius 2 is 1.79 bits per heavy atom. The van der Waals surface area contributed by atoms with E-state index in [4.69, 9.17) is 9.72 Å².